The van der Waals surface area contributed by atoms with E-state index in [1.54, 1.807) is 25.3 Å². The zero-order valence-corrected chi connectivity index (χ0v) is 10.8. The van der Waals surface area contributed by atoms with Crippen LogP contribution in [0.4, 0.5) is 11.8 Å². The number of pyridine rings is 1. The van der Waals surface area contributed by atoms with E-state index in [1.165, 1.54) is 0 Å². The highest BCUT2D eigenvalue weighted by Gasteiger charge is 2.14. The molecule has 100 valence electrons. The lowest BCUT2D eigenvalue weighted by Gasteiger charge is -2.08. The van der Waals surface area contributed by atoms with E-state index in [1.807, 2.05) is 6.92 Å². The minimum absolute atomic E-state index is 0.0767. The summed E-state index contributed by atoms with van der Waals surface area (Å²) >= 11 is 0. The van der Waals surface area contributed by atoms with E-state index in [2.05, 4.69) is 25.8 Å². The number of anilines is 2. The fourth-order valence-corrected chi connectivity index (χ4v) is 1.49. The summed E-state index contributed by atoms with van der Waals surface area (Å²) in [6, 6.07) is 3.46. The predicted molar refractivity (Wildman–Crippen MR) is 70.0 cm³/mol. The molecule has 0 radical (unpaired) electrons. The molecule has 0 aliphatic rings. The van der Waals surface area contributed by atoms with E-state index in [-0.39, 0.29) is 11.9 Å². The Labute approximate surface area is 110 Å². The Kier molecular flexibility index (Phi) is 4.07. The van der Waals surface area contributed by atoms with Crippen molar-refractivity contribution < 1.29 is 9.32 Å². The normalized spacial score (nSPS) is 10.2. The van der Waals surface area contributed by atoms with Gasteiger partial charge in [0.15, 0.2) is 5.82 Å². The van der Waals surface area contributed by atoms with Gasteiger partial charge in [0.1, 0.15) is 5.82 Å². The summed E-state index contributed by atoms with van der Waals surface area (Å²) in [4.78, 5) is 20.2. The van der Waals surface area contributed by atoms with Gasteiger partial charge in [0.2, 0.25) is 0 Å². The van der Waals surface area contributed by atoms with Crippen molar-refractivity contribution >= 4 is 17.7 Å². The van der Waals surface area contributed by atoms with Crippen molar-refractivity contribution in [2.24, 2.45) is 0 Å². The lowest BCUT2D eigenvalue weighted by Crippen LogP contribution is -2.16. The molecule has 0 saturated carbocycles. The van der Waals surface area contributed by atoms with E-state index < -0.39 is 0 Å². The summed E-state index contributed by atoms with van der Waals surface area (Å²) in [5.41, 5.74) is 0.437. The summed E-state index contributed by atoms with van der Waals surface area (Å²) in [7, 11) is 0. The first kappa shape index (κ1) is 13.0. The third kappa shape index (κ3) is 3.27. The maximum atomic E-state index is 12.1. The lowest BCUT2D eigenvalue weighted by atomic mass is 10.2. The van der Waals surface area contributed by atoms with E-state index in [9.17, 15) is 4.79 Å². The number of carbonyl (C=O) groups is 1. The first-order valence-corrected chi connectivity index (χ1v) is 6.01. The predicted octanol–water partition coefficient (Wildman–Crippen LogP) is 1.85. The van der Waals surface area contributed by atoms with Crippen molar-refractivity contribution in [2.75, 3.05) is 17.2 Å². The zero-order chi connectivity index (χ0) is 13.7. The Morgan fingerprint density at radius 1 is 1.47 bits per heavy atom. The molecule has 0 aliphatic heterocycles. The molecule has 0 saturated heterocycles. The van der Waals surface area contributed by atoms with Crippen molar-refractivity contribution in [1.29, 1.82) is 0 Å². The molecule has 0 atom stereocenters. The number of nitrogens with one attached hydrogen (secondary N) is 2. The molecule has 19 heavy (non-hydrogen) atoms. The summed E-state index contributed by atoms with van der Waals surface area (Å²) in [5, 5.41) is 9.24. The topological polar surface area (TPSA) is 92.9 Å². The van der Waals surface area contributed by atoms with Crippen LogP contribution in [0.1, 0.15) is 29.5 Å². The molecule has 0 unspecified atom stereocenters. The molecule has 7 nitrogen and oxygen atoms in total. The molecule has 0 aromatic carbocycles. The van der Waals surface area contributed by atoms with E-state index in [0.29, 0.717) is 17.2 Å². The monoisotopic (exact) mass is 261 g/mol. The fourth-order valence-electron chi connectivity index (χ4n) is 1.49. The van der Waals surface area contributed by atoms with Crippen LogP contribution in [0.3, 0.4) is 0 Å². The molecular formula is C12H15N5O2. The quantitative estimate of drug-likeness (QED) is 0.853. The van der Waals surface area contributed by atoms with Gasteiger partial charge in [0.05, 0.1) is 5.56 Å². The number of aryl methyl sites for hydroxylation is 1. The molecule has 0 spiro atoms. The summed E-state index contributed by atoms with van der Waals surface area (Å²) in [6.07, 6.45) is 2.58. The summed E-state index contributed by atoms with van der Waals surface area (Å²) < 4.78 is 4.84. The van der Waals surface area contributed by atoms with Crippen LogP contribution in [0.5, 0.6) is 0 Å². The first-order chi connectivity index (χ1) is 9.20. The average molecular weight is 261 g/mol. The smallest absolute Gasteiger partial charge is 0.328 e. The van der Waals surface area contributed by atoms with Crippen LogP contribution < -0.4 is 10.6 Å². The van der Waals surface area contributed by atoms with Crippen LogP contribution in [0, 0.1) is 6.92 Å². The van der Waals surface area contributed by atoms with E-state index in [0.717, 1.165) is 13.0 Å². The Morgan fingerprint density at radius 3 is 3.00 bits per heavy atom. The van der Waals surface area contributed by atoms with Gasteiger partial charge in [-0.1, -0.05) is 12.1 Å². The van der Waals surface area contributed by atoms with Crippen LogP contribution in [0.2, 0.25) is 0 Å². The van der Waals surface area contributed by atoms with Crippen LogP contribution >= 0.6 is 0 Å². The SMILES string of the molecule is CCCNc1ncccc1C(=O)Nc1nc(C)no1. The number of amides is 1. The largest absolute Gasteiger partial charge is 0.369 e. The van der Waals surface area contributed by atoms with Gasteiger partial charge in [0.25, 0.3) is 5.91 Å². The highest BCUT2D eigenvalue weighted by Crippen LogP contribution is 2.13. The average Bonchev–Trinajstić information content (AvgIpc) is 2.82. The molecule has 0 fully saturated rings. The Bertz CT molecular complexity index is 567. The molecule has 0 aliphatic carbocycles. The highest BCUT2D eigenvalue weighted by atomic mass is 16.5. The molecule has 2 aromatic heterocycles. The van der Waals surface area contributed by atoms with E-state index >= 15 is 0 Å². The Hall–Kier alpha value is -2.44. The minimum Gasteiger partial charge on any atom is -0.369 e. The lowest BCUT2D eigenvalue weighted by molar-refractivity contribution is 0.102. The molecule has 1 amide bonds. The van der Waals surface area contributed by atoms with Gasteiger partial charge in [-0.15, -0.1) is 0 Å². The number of carbonyl (C=O) groups excluding carboxylic acids is 1. The summed E-state index contributed by atoms with van der Waals surface area (Å²) in [6.45, 7) is 4.46. The number of rotatable bonds is 5. The van der Waals surface area contributed by atoms with Gasteiger partial charge >= 0.3 is 6.01 Å². The van der Waals surface area contributed by atoms with Gasteiger partial charge in [-0.3, -0.25) is 10.1 Å². The third-order valence-electron chi connectivity index (χ3n) is 2.34. The molecule has 7 heteroatoms. The van der Waals surface area contributed by atoms with Gasteiger partial charge in [-0.05, 0) is 25.5 Å². The number of aromatic nitrogens is 3. The van der Waals surface area contributed by atoms with Crippen molar-refractivity contribution in [3.63, 3.8) is 0 Å². The molecule has 0 bridgehead atoms. The number of hydrogen-bond acceptors (Lipinski definition) is 6. The van der Waals surface area contributed by atoms with Crippen LogP contribution in [-0.2, 0) is 0 Å². The van der Waals surface area contributed by atoms with Gasteiger partial charge in [-0.2, -0.15) is 4.98 Å². The van der Waals surface area contributed by atoms with Crippen molar-refractivity contribution in [3.05, 3.63) is 29.7 Å². The minimum atomic E-state index is -0.338. The van der Waals surface area contributed by atoms with Gasteiger partial charge in [-0.25, -0.2) is 4.98 Å². The second-order valence-corrected chi connectivity index (χ2v) is 3.93. The first-order valence-electron chi connectivity index (χ1n) is 6.01. The second kappa shape index (κ2) is 5.94. The van der Waals surface area contributed by atoms with Crippen LogP contribution in [-0.4, -0.2) is 27.6 Å². The Morgan fingerprint density at radius 2 is 2.32 bits per heavy atom. The third-order valence-corrected chi connectivity index (χ3v) is 2.34. The Balaban J connectivity index is 2.14. The standard InChI is InChI=1S/C12H15N5O2/c1-3-6-13-10-9(5-4-7-14-10)11(18)16-12-15-8(2)17-19-12/h4-5,7H,3,6H2,1-2H3,(H,13,14)(H,15,16,17,18). The van der Waals surface area contributed by atoms with Gasteiger partial charge < -0.3 is 9.84 Å². The molecule has 2 aromatic rings. The fraction of sp³-hybridized carbons (Fsp3) is 0.333. The zero-order valence-electron chi connectivity index (χ0n) is 10.8. The maximum Gasteiger partial charge on any atom is 0.328 e. The van der Waals surface area contributed by atoms with Crippen molar-refractivity contribution in [2.45, 2.75) is 20.3 Å². The maximum absolute atomic E-state index is 12.1. The van der Waals surface area contributed by atoms with Crippen molar-refractivity contribution in [1.82, 2.24) is 15.1 Å². The van der Waals surface area contributed by atoms with Gasteiger partial charge in [0, 0.05) is 12.7 Å². The molecule has 2 rings (SSSR count). The second-order valence-electron chi connectivity index (χ2n) is 3.93. The van der Waals surface area contributed by atoms with Crippen LogP contribution in [0.15, 0.2) is 22.9 Å². The molecular weight excluding hydrogens is 246 g/mol. The number of nitrogens with zero attached hydrogens (tertiary/aromatic N) is 3. The number of hydrogen-bond donors (Lipinski definition) is 2. The summed E-state index contributed by atoms with van der Waals surface area (Å²) in [5.74, 6) is 0.666. The highest BCUT2D eigenvalue weighted by molar-refractivity contribution is 6.06. The molecule has 2 heterocycles. The van der Waals surface area contributed by atoms with Crippen molar-refractivity contribution in [3.8, 4) is 0 Å². The van der Waals surface area contributed by atoms with E-state index in [4.69, 9.17) is 4.52 Å². The molecule has 2 N–H and O–H groups in total. The van der Waals surface area contributed by atoms with Crippen LogP contribution in [0.25, 0.3) is 0 Å².